The number of carboxylic acids is 1. The fraction of sp³-hybridized carbons (Fsp3) is 0.429. The molecule has 24 heavy (non-hydrogen) atoms. The lowest BCUT2D eigenvalue weighted by molar-refractivity contribution is -0.138. The van der Waals surface area contributed by atoms with Crippen LogP contribution in [0.4, 0.5) is 8.78 Å². The summed E-state index contributed by atoms with van der Waals surface area (Å²) in [5.74, 6) is -4.07. The van der Waals surface area contributed by atoms with Gasteiger partial charge >= 0.3 is 5.97 Å². The average molecular weight is 362 g/mol. The average Bonchev–Trinajstić information content (AvgIpc) is 2.54. The van der Waals surface area contributed by atoms with Crippen molar-refractivity contribution in [3.05, 3.63) is 29.8 Å². The van der Waals surface area contributed by atoms with Gasteiger partial charge in [-0.15, -0.1) is 0 Å². The molecular formula is C14H16F2N2O5S. The van der Waals surface area contributed by atoms with Crippen molar-refractivity contribution in [2.45, 2.75) is 17.7 Å². The van der Waals surface area contributed by atoms with Crippen LogP contribution in [0.2, 0.25) is 0 Å². The Morgan fingerprint density at radius 3 is 2.46 bits per heavy atom. The summed E-state index contributed by atoms with van der Waals surface area (Å²) in [6.45, 7) is -0.585. The molecule has 0 unspecified atom stereocenters. The van der Waals surface area contributed by atoms with Crippen LogP contribution in [0.3, 0.4) is 0 Å². The van der Waals surface area contributed by atoms with Crippen molar-refractivity contribution < 1.29 is 31.9 Å². The lowest BCUT2D eigenvalue weighted by Gasteiger charge is -2.30. The molecule has 1 fully saturated rings. The van der Waals surface area contributed by atoms with Gasteiger partial charge in [-0.1, -0.05) is 0 Å². The van der Waals surface area contributed by atoms with Crippen LogP contribution < -0.4 is 5.32 Å². The largest absolute Gasteiger partial charge is 0.480 e. The molecule has 0 spiro atoms. The number of carbonyl (C=O) groups excluding carboxylic acids is 1. The fourth-order valence-corrected chi connectivity index (χ4v) is 4.03. The van der Waals surface area contributed by atoms with E-state index in [0.29, 0.717) is 6.07 Å². The number of aliphatic carboxylic acids is 1. The van der Waals surface area contributed by atoms with E-state index in [2.05, 4.69) is 5.32 Å². The van der Waals surface area contributed by atoms with Crippen LogP contribution in [0.5, 0.6) is 0 Å². The van der Waals surface area contributed by atoms with Crippen molar-refractivity contribution in [3.63, 3.8) is 0 Å². The van der Waals surface area contributed by atoms with E-state index < -0.39 is 50.9 Å². The Morgan fingerprint density at radius 2 is 1.88 bits per heavy atom. The maximum atomic E-state index is 13.7. The van der Waals surface area contributed by atoms with Crippen molar-refractivity contribution in [1.29, 1.82) is 0 Å². The second-order valence-corrected chi connectivity index (χ2v) is 7.27. The maximum absolute atomic E-state index is 13.7. The summed E-state index contributed by atoms with van der Waals surface area (Å²) < 4.78 is 52.7. The quantitative estimate of drug-likeness (QED) is 0.797. The highest BCUT2D eigenvalue weighted by atomic mass is 32.2. The van der Waals surface area contributed by atoms with Crippen LogP contribution in [0.15, 0.2) is 23.1 Å². The molecule has 0 bridgehead atoms. The highest BCUT2D eigenvalue weighted by molar-refractivity contribution is 7.89. The number of piperidine rings is 1. The van der Waals surface area contributed by atoms with Crippen LogP contribution in [0.25, 0.3) is 0 Å². The third-order valence-corrected chi connectivity index (χ3v) is 5.66. The van der Waals surface area contributed by atoms with Gasteiger partial charge in [-0.25, -0.2) is 17.2 Å². The molecule has 0 aliphatic carbocycles. The van der Waals surface area contributed by atoms with Gasteiger partial charge in [0.1, 0.15) is 23.1 Å². The third kappa shape index (κ3) is 4.06. The first-order chi connectivity index (χ1) is 11.2. The van der Waals surface area contributed by atoms with E-state index in [0.717, 1.165) is 16.4 Å². The molecule has 2 N–H and O–H groups in total. The monoisotopic (exact) mass is 362 g/mol. The van der Waals surface area contributed by atoms with Crippen LogP contribution in [0.1, 0.15) is 12.8 Å². The lowest BCUT2D eigenvalue weighted by Crippen LogP contribution is -2.44. The number of nitrogens with one attached hydrogen (secondary N) is 1. The number of sulfonamides is 1. The first-order valence-corrected chi connectivity index (χ1v) is 8.60. The van der Waals surface area contributed by atoms with Crippen LogP contribution in [-0.2, 0) is 19.6 Å². The molecule has 0 saturated carbocycles. The first kappa shape index (κ1) is 18.3. The van der Waals surface area contributed by atoms with Gasteiger partial charge in [0.2, 0.25) is 15.9 Å². The minimum Gasteiger partial charge on any atom is -0.480 e. The Balaban J connectivity index is 2.04. The van der Waals surface area contributed by atoms with Gasteiger partial charge < -0.3 is 10.4 Å². The van der Waals surface area contributed by atoms with Crippen molar-refractivity contribution in [1.82, 2.24) is 9.62 Å². The molecule has 132 valence electrons. The van der Waals surface area contributed by atoms with E-state index in [1.165, 1.54) is 0 Å². The predicted molar refractivity (Wildman–Crippen MR) is 78.5 cm³/mol. The van der Waals surface area contributed by atoms with E-state index in [1.807, 2.05) is 0 Å². The number of carbonyl (C=O) groups is 2. The van der Waals surface area contributed by atoms with Gasteiger partial charge in [0.15, 0.2) is 0 Å². The molecule has 0 atom stereocenters. The van der Waals surface area contributed by atoms with Crippen molar-refractivity contribution >= 4 is 21.9 Å². The molecule has 0 aromatic heterocycles. The second-order valence-electron chi connectivity index (χ2n) is 5.36. The molecule has 1 aromatic rings. The van der Waals surface area contributed by atoms with E-state index >= 15 is 0 Å². The summed E-state index contributed by atoms with van der Waals surface area (Å²) in [5.41, 5.74) is 0. The molecule has 2 rings (SSSR count). The smallest absolute Gasteiger partial charge is 0.322 e. The van der Waals surface area contributed by atoms with Gasteiger partial charge in [0.05, 0.1) is 0 Å². The zero-order valence-electron chi connectivity index (χ0n) is 12.5. The van der Waals surface area contributed by atoms with Crippen LogP contribution in [-0.4, -0.2) is 49.3 Å². The molecule has 1 aliphatic rings. The van der Waals surface area contributed by atoms with Crippen molar-refractivity contribution in [2.75, 3.05) is 19.6 Å². The minimum absolute atomic E-state index is 0.0382. The predicted octanol–water partition coefficient (Wildman–Crippen LogP) is 0.566. The summed E-state index contributed by atoms with van der Waals surface area (Å²) in [6.07, 6.45) is 0.337. The van der Waals surface area contributed by atoms with E-state index in [9.17, 15) is 26.8 Å². The van der Waals surface area contributed by atoms with Gasteiger partial charge in [0, 0.05) is 19.0 Å². The third-order valence-electron chi connectivity index (χ3n) is 3.75. The second kappa shape index (κ2) is 7.22. The molecule has 1 saturated heterocycles. The van der Waals surface area contributed by atoms with Crippen LogP contribution in [0, 0.1) is 17.6 Å². The van der Waals surface area contributed by atoms with Gasteiger partial charge in [-0.2, -0.15) is 4.31 Å². The number of hydrogen-bond donors (Lipinski definition) is 2. The summed E-state index contributed by atoms with van der Waals surface area (Å²) in [7, 11) is -4.20. The van der Waals surface area contributed by atoms with Crippen molar-refractivity contribution in [3.8, 4) is 0 Å². The number of carboxylic acid groups (broad SMARTS) is 1. The van der Waals surface area contributed by atoms with Gasteiger partial charge in [-0.05, 0) is 31.0 Å². The maximum Gasteiger partial charge on any atom is 0.322 e. The zero-order chi connectivity index (χ0) is 17.9. The molecule has 1 aromatic carbocycles. The lowest BCUT2D eigenvalue weighted by atomic mass is 9.97. The molecule has 10 heteroatoms. The first-order valence-electron chi connectivity index (χ1n) is 7.16. The van der Waals surface area contributed by atoms with E-state index in [4.69, 9.17) is 5.11 Å². The fourth-order valence-electron chi connectivity index (χ4n) is 2.48. The highest BCUT2D eigenvalue weighted by Crippen LogP contribution is 2.26. The molecule has 1 heterocycles. The zero-order valence-corrected chi connectivity index (χ0v) is 13.4. The summed E-state index contributed by atoms with van der Waals surface area (Å²) in [6, 6.07) is 2.19. The summed E-state index contributed by atoms with van der Waals surface area (Å²) in [4.78, 5) is 21.5. The van der Waals surface area contributed by atoms with E-state index in [-0.39, 0.29) is 25.9 Å². The number of halogens is 2. The van der Waals surface area contributed by atoms with Gasteiger partial charge in [-0.3, -0.25) is 9.59 Å². The van der Waals surface area contributed by atoms with Crippen molar-refractivity contribution in [2.24, 2.45) is 5.92 Å². The molecule has 1 aliphatic heterocycles. The Morgan fingerprint density at radius 1 is 1.25 bits per heavy atom. The minimum atomic E-state index is -4.20. The number of rotatable bonds is 5. The number of nitrogens with zero attached hydrogens (tertiary/aromatic N) is 1. The summed E-state index contributed by atoms with van der Waals surface area (Å²) >= 11 is 0. The Hall–Kier alpha value is -2.07. The SMILES string of the molecule is O=C(O)CNC(=O)C1CCN(S(=O)(=O)c2cc(F)ccc2F)CC1. The molecular weight excluding hydrogens is 346 g/mol. The van der Waals surface area contributed by atoms with Gasteiger partial charge in [0.25, 0.3) is 0 Å². The number of hydrogen-bond acceptors (Lipinski definition) is 4. The molecule has 1 amide bonds. The number of benzene rings is 1. The van der Waals surface area contributed by atoms with Crippen LogP contribution >= 0.6 is 0 Å². The highest BCUT2D eigenvalue weighted by Gasteiger charge is 2.33. The Bertz CT molecular complexity index is 746. The number of amides is 1. The Labute approximate surface area is 137 Å². The Kier molecular flexibility index (Phi) is 5.50. The standard InChI is InChI=1S/C14H16F2N2O5S/c15-10-1-2-11(16)12(7-10)24(22,23)18-5-3-9(4-6-18)14(21)17-8-13(19)20/h1-2,7,9H,3-6,8H2,(H,17,21)(H,19,20). The normalized spacial score (nSPS) is 16.8. The topological polar surface area (TPSA) is 104 Å². The molecule has 0 radical (unpaired) electrons. The summed E-state index contributed by atoms with van der Waals surface area (Å²) in [5, 5.41) is 10.8. The van der Waals surface area contributed by atoms with E-state index in [1.54, 1.807) is 0 Å². The molecule has 7 nitrogen and oxygen atoms in total.